The van der Waals surface area contributed by atoms with Gasteiger partial charge in [0.25, 0.3) is 0 Å². The Morgan fingerprint density at radius 1 is 0.967 bits per heavy atom. The summed E-state index contributed by atoms with van der Waals surface area (Å²) in [6.45, 7) is 0. The fourth-order valence-corrected chi connectivity index (χ4v) is 4.78. The number of imide groups is 1. The zero-order valence-corrected chi connectivity index (χ0v) is 15.4. The highest BCUT2D eigenvalue weighted by Gasteiger charge is 2.63. The third-order valence-electron chi connectivity index (χ3n) is 6.03. The Labute approximate surface area is 169 Å². The highest BCUT2D eigenvalue weighted by molar-refractivity contribution is 6.23. The van der Waals surface area contributed by atoms with Crippen LogP contribution in [0.3, 0.4) is 0 Å². The first-order valence-electron chi connectivity index (χ1n) is 9.32. The predicted octanol–water partition coefficient (Wildman–Crippen LogP) is 3.74. The third kappa shape index (κ3) is 2.41. The lowest BCUT2D eigenvalue weighted by Gasteiger charge is -2.33. The average molecular weight is 409 g/mol. The second-order valence-corrected chi connectivity index (χ2v) is 7.52. The molecule has 0 saturated carbocycles. The summed E-state index contributed by atoms with van der Waals surface area (Å²) >= 11 is 0. The van der Waals surface area contributed by atoms with Gasteiger partial charge in [0.15, 0.2) is 0 Å². The van der Waals surface area contributed by atoms with Crippen molar-refractivity contribution >= 4 is 23.6 Å². The summed E-state index contributed by atoms with van der Waals surface area (Å²) in [5.41, 5.74) is 0.632. The molecule has 0 aliphatic carbocycles. The largest absolute Gasteiger partial charge is 0.416 e. The minimum Gasteiger partial charge on any atom is -0.353 e. The zero-order valence-electron chi connectivity index (χ0n) is 15.4. The van der Waals surface area contributed by atoms with Crippen LogP contribution in [0.25, 0.3) is 6.08 Å². The molecule has 3 heterocycles. The Morgan fingerprint density at radius 2 is 1.70 bits per heavy atom. The molecule has 0 spiro atoms. The molecule has 2 fully saturated rings. The molecule has 2 aromatic rings. The molecule has 2 saturated heterocycles. The average Bonchev–Trinajstić information content (AvgIpc) is 3.20. The van der Waals surface area contributed by atoms with E-state index in [2.05, 4.69) is 6.07 Å². The van der Waals surface area contributed by atoms with E-state index in [1.807, 2.05) is 30.3 Å². The lowest BCUT2D eigenvalue weighted by molar-refractivity contribution is -0.137. The van der Waals surface area contributed by atoms with Crippen LogP contribution >= 0.6 is 0 Å². The van der Waals surface area contributed by atoms with Crippen LogP contribution in [-0.4, -0.2) is 22.8 Å². The van der Waals surface area contributed by atoms with Gasteiger partial charge in [-0.25, -0.2) is 4.90 Å². The van der Waals surface area contributed by atoms with Crippen molar-refractivity contribution in [2.45, 2.75) is 18.3 Å². The number of hydrogen-bond donors (Lipinski definition) is 0. The quantitative estimate of drug-likeness (QED) is 0.673. The highest BCUT2D eigenvalue weighted by Crippen LogP contribution is 2.53. The van der Waals surface area contributed by atoms with Crippen LogP contribution in [0.5, 0.6) is 0 Å². The van der Waals surface area contributed by atoms with Gasteiger partial charge in [0.1, 0.15) is 6.04 Å². The van der Waals surface area contributed by atoms with Crippen LogP contribution in [0.15, 0.2) is 54.7 Å². The van der Waals surface area contributed by atoms with Crippen molar-refractivity contribution in [2.24, 2.45) is 11.8 Å². The van der Waals surface area contributed by atoms with Gasteiger partial charge in [-0.15, -0.1) is 0 Å². The first-order chi connectivity index (χ1) is 14.3. The molecule has 4 atom stereocenters. The Hall–Kier alpha value is -3.60. The minimum atomic E-state index is -4.60. The summed E-state index contributed by atoms with van der Waals surface area (Å²) in [6.07, 6.45) is -1.05. The molecule has 3 aliphatic heterocycles. The second-order valence-electron chi connectivity index (χ2n) is 7.52. The molecule has 30 heavy (non-hydrogen) atoms. The maximum atomic E-state index is 13.3. The molecular formula is C22H14F3N3O2. The fraction of sp³-hybridized carbons (Fsp3) is 0.227. The van der Waals surface area contributed by atoms with Crippen molar-refractivity contribution in [2.75, 3.05) is 4.90 Å². The summed E-state index contributed by atoms with van der Waals surface area (Å²) in [5, 5.41) is 9.76. The van der Waals surface area contributed by atoms with E-state index in [-0.39, 0.29) is 5.69 Å². The van der Waals surface area contributed by atoms with Crippen molar-refractivity contribution in [3.8, 4) is 6.07 Å². The van der Waals surface area contributed by atoms with E-state index in [1.165, 1.54) is 12.1 Å². The Morgan fingerprint density at radius 3 is 2.43 bits per heavy atom. The number of halogens is 3. The van der Waals surface area contributed by atoms with Gasteiger partial charge in [0, 0.05) is 6.20 Å². The summed E-state index contributed by atoms with van der Waals surface area (Å²) in [4.78, 5) is 29.1. The number of nitrogens with zero attached hydrogens (tertiary/aromatic N) is 3. The number of carbonyl (C=O) groups is 2. The Kier molecular flexibility index (Phi) is 3.81. The van der Waals surface area contributed by atoms with E-state index in [4.69, 9.17) is 0 Å². The van der Waals surface area contributed by atoms with E-state index in [0.29, 0.717) is 0 Å². The number of anilines is 1. The van der Waals surface area contributed by atoms with Gasteiger partial charge in [-0.2, -0.15) is 18.4 Å². The van der Waals surface area contributed by atoms with Crippen LogP contribution in [-0.2, 0) is 15.8 Å². The van der Waals surface area contributed by atoms with Gasteiger partial charge in [-0.1, -0.05) is 30.3 Å². The fourth-order valence-electron chi connectivity index (χ4n) is 4.78. The lowest BCUT2D eigenvalue weighted by Crippen LogP contribution is -2.40. The first-order valence-corrected chi connectivity index (χ1v) is 9.32. The lowest BCUT2D eigenvalue weighted by atomic mass is 9.85. The molecule has 0 radical (unpaired) electrons. The highest BCUT2D eigenvalue weighted by atomic mass is 19.4. The number of nitriles is 1. The Bertz CT molecular complexity index is 1150. The van der Waals surface area contributed by atoms with Gasteiger partial charge in [0.05, 0.1) is 35.2 Å². The molecule has 0 unspecified atom stereocenters. The molecule has 0 N–H and O–H groups in total. The predicted molar refractivity (Wildman–Crippen MR) is 100 cm³/mol. The molecular weight excluding hydrogens is 395 g/mol. The minimum absolute atomic E-state index is 0.128. The number of amides is 2. The number of hydrogen-bond acceptors (Lipinski definition) is 4. The summed E-state index contributed by atoms with van der Waals surface area (Å²) < 4.78 is 39.4. The summed E-state index contributed by atoms with van der Waals surface area (Å²) in [5.74, 6) is -3.01. The number of benzene rings is 2. The monoisotopic (exact) mass is 409 g/mol. The van der Waals surface area contributed by atoms with Gasteiger partial charge in [0.2, 0.25) is 11.8 Å². The molecule has 150 valence electrons. The maximum absolute atomic E-state index is 13.3. The molecule has 2 aromatic carbocycles. The number of rotatable bonds is 1. The van der Waals surface area contributed by atoms with Gasteiger partial charge >= 0.3 is 6.18 Å². The van der Waals surface area contributed by atoms with Crippen molar-refractivity contribution in [1.29, 1.82) is 5.26 Å². The normalized spacial score (nSPS) is 27.0. The van der Waals surface area contributed by atoms with E-state index in [9.17, 15) is 28.0 Å². The Balaban J connectivity index is 1.61. The molecule has 0 bridgehead atoms. The van der Waals surface area contributed by atoms with E-state index < -0.39 is 47.5 Å². The first kappa shape index (κ1) is 18.4. The van der Waals surface area contributed by atoms with Crippen LogP contribution in [0.1, 0.15) is 22.7 Å². The summed E-state index contributed by atoms with van der Waals surface area (Å²) in [7, 11) is 0. The van der Waals surface area contributed by atoms with Crippen molar-refractivity contribution in [3.63, 3.8) is 0 Å². The number of carbonyl (C=O) groups excluding carboxylic acids is 2. The summed E-state index contributed by atoms with van der Waals surface area (Å²) in [6, 6.07) is 12.3. The molecule has 5 nitrogen and oxygen atoms in total. The third-order valence-corrected chi connectivity index (χ3v) is 6.03. The zero-order chi connectivity index (χ0) is 21.2. The van der Waals surface area contributed by atoms with Gasteiger partial charge in [-0.3, -0.25) is 9.59 Å². The van der Waals surface area contributed by atoms with Crippen LogP contribution in [0.2, 0.25) is 0 Å². The van der Waals surface area contributed by atoms with Crippen LogP contribution in [0, 0.1) is 23.2 Å². The van der Waals surface area contributed by atoms with Crippen molar-refractivity contribution in [3.05, 3.63) is 71.4 Å². The van der Waals surface area contributed by atoms with Crippen LogP contribution < -0.4 is 4.90 Å². The van der Waals surface area contributed by atoms with Gasteiger partial charge in [-0.05, 0) is 35.4 Å². The second kappa shape index (κ2) is 6.20. The van der Waals surface area contributed by atoms with Crippen molar-refractivity contribution < 1.29 is 22.8 Å². The smallest absolute Gasteiger partial charge is 0.353 e. The topological polar surface area (TPSA) is 64.4 Å². The molecule has 0 aromatic heterocycles. The number of alkyl halides is 3. The SMILES string of the molecule is N#C[C@H]1[C@@H]2C(=O)N(c3cccc(C(F)(F)F)c3)C(=O)[C@@H]2[C@@H]2c3ccccc3C=CN12. The van der Waals surface area contributed by atoms with Gasteiger partial charge < -0.3 is 4.90 Å². The number of fused-ring (bicyclic) bond motifs is 5. The van der Waals surface area contributed by atoms with E-state index in [0.717, 1.165) is 28.2 Å². The molecule has 8 heteroatoms. The van der Waals surface area contributed by atoms with Crippen molar-refractivity contribution in [1.82, 2.24) is 4.90 Å². The van der Waals surface area contributed by atoms with E-state index >= 15 is 0 Å². The van der Waals surface area contributed by atoms with E-state index in [1.54, 1.807) is 11.1 Å². The standard InChI is InChI=1S/C22H14F3N3O2/c23-22(24,25)13-5-3-6-14(10-13)28-20(29)17-16(11-26)27-9-8-12-4-1-2-7-15(12)19(27)18(17)21(28)30/h1-10,16-19H/t16-,17-,18-,19-/m0/s1. The molecule has 3 aliphatic rings. The molecule has 2 amide bonds. The molecule has 5 rings (SSSR count). The van der Waals surface area contributed by atoms with Crippen LogP contribution in [0.4, 0.5) is 18.9 Å². The maximum Gasteiger partial charge on any atom is 0.416 e.